The maximum absolute atomic E-state index is 11.5. The number of ether oxygens (including phenoxy) is 1. The number of hydrogen-bond acceptors (Lipinski definition) is 3. The van der Waals surface area contributed by atoms with E-state index in [2.05, 4.69) is 5.32 Å². The number of carbonyl (C=O) groups is 1. The Hall–Kier alpha value is -1.73. The summed E-state index contributed by atoms with van der Waals surface area (Å²) in [4.78, 5) is 11.5. The van der Waals surface area contributed by atoms with Gasteiger partial charge in [-0.05, 0) is 37.5 Å². The Kier molecular flexibility index (Phi) is 4.57. The Morgan fingerprint density at radius 1 is 1.33 bits per heavy atom. The van der Waals surface area contributed by atoms with Crippen molar-refractivity contribution in [3.63, 3.8) is 0 Å². The highest BCUT2D eigenvalue weighted by Gasteiger charge is 2.18. The first-order valence-electron chi connectivity index (χ1n) is 5.44. The second kappa shape index (κ2) is 5.74. The topological polar surface area (TPSA) is 62.1 Å². The third-order valence-electron chi connectivity index (χ3n) is 2.87. The van der Waals surface area contributed by atoms with Crippen molar-refractivity contribution in [3.8, 4) is 11.8 Å². The summed E-state index contributed by atoms with van der Waals surface area (Å²) in [5, 5.41) is 11.8. The molecule has 0 heterocycles. The predicted octanol–water partition coefficient (Wildman–Crippen LogP) is 3.13. The summed E-state index contributed by atoms with van der Waals surface area (Å²) in [5.74, 6) is 0.207. The standard InChI is InChI=1S/C13H15ClN2O2/c1-7-8(2)13(18-4)12(9(3)11(7)14)16-10(17)5-6-15/h5H2,1-4H3,(H,16,17). The van der Waals surface area contributed by atoms with Crippen LogP contribution in [0.5, 0.6) is 5.75 Å². The number of nitrogens with one attached hydrogen (secondary N) is 1. The molecule has 0 fully saturated rings. The molecule has 0 atom stereocenters. The first kappa shape index (κ1) is 14.3. The number of nitrogens with zero attached hydrogens (tertiary/aromatic N) is 1. The van der Waals surface area contributed by atoms with Gasteiger partial charge in [0.15, 0.2) is 0 Å². The molecule has 0 bridgehead atoms. The minimum Gasteiger partial charge on any atom is -0.494 e. The zero-order chi connectivity index (χ0) is 13.9. The fraction of sp³-hybridized carbons (Fsp3) is 0.385. The van der Waals surface area contributed by atoms with E-state index in [0.29, 0.717) is 16.5 Å². The first-order valence-corrected chi connectivity index (χ1v) is 5.81. The lowest BCUT2D eigenvalue weighted by Crippen LogP contribution is -2.13. The molecule has 1 rings (SSSR count). The molecule has 1 N–H and O–H groups in total. The van der Waals surface area contributed by atoms with Crippen molar-refractivity contribution in [2.24, 2.45) is 0 Å². The number of hydrogen-bond donors (Lipinski definition) is 1. The zero-order valence-corrected chi connectivity index (χ0v) is 11.6. The molecule has 0 aromatic heterocycles. The van der Waals surface area contributed by atoms with Gasteiger partial charge in [-0.3, -0.25) is 4.79 Å². The van der Waals surface area contributed by atoms with Gasteiger partial charge in [-0.15, -0.1) is 0 Å². The van der Waals surface area contributed by atoms with Gasteiger partial charge < -0.3 is 10.1 Å². The van der Waals surface area contributed by atoms with Gasteiger partial charge >= 0.3 is 0 Å². The van der Waals surface area contributed by atoms with E-state index in [1.165, 1.54) is 7.11 Å². The summed E-state index contributed by atoms with van der Waals surface area (Å²) in [6.45, 7) is 5.58. The number of nitriles is 1. The van der Waals surface area contributed by atoms with Crippen molar-refractivity contribution in [2.75, 3.05) is 12.4 Å². The van der Waals surface area contributed by atoms with Gasteiger partial charge in [0.25, 0.3) is 0 Å². The zero-order valence-electron chi connectivity index (χ0n) is 10.8. The molecule has 1 aromatic rings. The summed E-state index contributed by atoms with van der Waals surface area (Å²) in [6, 6.07) is 1.80. The Morgan fingerprint density at radius 2 is 1.94 bits per heavy atom. The lowest BCUT2D eigenvalue weighted by Gasteiger charge is -2.18. The van der Waals surface area contributed by atoms with Crippen molar-refractivity contribution in [1.82, 2.24) is 0 Å². The maximum atomic E-state index is 11.5. The highest BCUT2D eigenvalue weighted by atomic mass is 35.5. The molecule has 1 aromatic carbocycles. The van der Waals surface area contributed by atoms with Crippen molar-refractivity contribution >= 4 is 23.2 Å². The lowest BCUT2D eigenvalue weighted by molar-refractivity contribution is -0.115. The number of benzene rings is 1. The van der Waals surface area contributed by atoms with Crippen LogP contribution < -0.4 is 10.1 Å². The molecule has 0 saturated carbocycles. The van der Waals surface area contributed by atoms with E-state index in [-0.39, 0.29) is 12.3 Å². The van der Waals surface area contributed by atoms with Crippen LogP contribution >= 0.6 is 11.6 Å². The van der Waals surface area contributed by atoms with Crippen LogP contribution in [0, 0.1) is 32.1 Å². The number of halogens is 1. The van der Waals surface area contributed by atoms with Crippen LogP contribution in [0.15, 0.2) is 0 Å². The van der Waals surface area contributed by atoms with E-state index in [1.54, 1.807) is 13.0 Å². The second-order valence-corrected chi connectivity index (χ2v) is 4.36. The molecule has 96 valence electrons. The van der Waals surface area contributed by atoms with Crippen molar-refractivity contribution in [3.05, 3.63) is 21.7 Å². The van der Waals surface area contributed by atoms with E-state index in [9.17, 15) is 4.79 Å². The second-order valence-electron chi connectivity index (χ2n) is 3.98. The number of amides is 1. The molecule has 0 radical (unpaired) electrons. The fourth-order valence-corrected chi connectivity index (χ4v) is 1.98. The largest absolute Gasteiger partial charge is 0.494 e. The molecule has 5 heteroatoms. The van der Waals surface area contributed by atoms with E-state index in [0.717, 1.165) is 16.7 Å². The Labute approximate surface area is 112 Å². The van der Waals surface area contributed by atoms with Gasteiger partial charge in [0.1, 0.15) is 12.2 Å². The first-order chi connectivity index (χ1) is 8.43. The minimum atomic E-state index is -0.377. The van der Waals surface area contributed by atoms with Gasteiger partial charge in [0, 0.05) is 5.02 Å². The van der Waals surface area contributed by atoms with Gasteiger partial charge in [-0.2, -0.15) is 5.26 Å². The molecule has 0 spiro atoms. The van der Waals surface area contributed by atoms with Gasteiger partial charge in [0.05, 0.1) is 18.9 Å². The van der Waals surface area contributed by atoms with Crippen LogP contribution in [-0.2, 0) is 4.79 Å². The van der Waals surface area contributed by atoms with Gasteiger partial charge in [-0.1, -0.05) is 11.6 Å². The third kappa shape index (κ3) is 2.57. The van der Waals surface area contributed by atoms with Crippen LogP contribution in [0.2, 0.25) is 5.02 Å². The molecule has 0 unspecified atom stereocenters. The highest BCUT2D eigenvalue weighted by Crippen LogP contribution is 2.39. The van der Waals surface area contributed by atoms with Crippen LogP contribution in [0.3, 0.4) is 0 Å². The Morgan fingerprint density at radius 3 is 2.44 bits per heavy atom. The van der Waals surface area contributed by atoms with Gasteiger partial charge in [-0.25, -0.2) is 0 Å². The summed E-state index contributed by atoms with van der Waals surface area (Å²) in [6.07, 6.45) is -0.201. The normalized spacial score (nSPS) is 9.78. The molecule has 0 aliphatic rings. The van der Waals surface area contributed by atoms with Crippen LogP contribution in [-0.4, -0.2) is 13.0 Å². The monoisotopic (exact) mass is 266 g/mol. The van der Waals surface area contributed by atoms with E-state index < -0.39 is 0 Å². The summed E-state index contributed by atoms with van der Waals surface area (Å²) >= 11 is 6.21. The van der Waals surface area contributed by atoms with E-state index >= 15 is 0 Å². The van der Waals surface area contributed by atoms with Crippen molar-refractivity contribution in [2.45, 2.75) is 27.2 Å². The lowest BCUT2D eigenvalue weighted by atomic mass is 10.0. The van der Waals surface area contributed by atoms with Gasteiger partial charge in [0.2, 0.25) is 5.91 Å². The molecular weight excluding hydrogens is 252 g/mol. The summed E-state index contributed by atoms with van der Waals surface area (Å²) in [7, 11) is 1.54. The molecule has 1 amide bonds. The van der Waals surface area contributed by atoms with E-state index in [4.69, 9.17) is 21.6 Å². The predicted molar refractivity (Wildman–Crippen MR) is 71.1 cm³/mol. The summed E-state index contributed by atoms with van der Waals surface area (Å²) in [5.41, 5.74) is 3.07. The summed E-state index contributed by atoms with van der Waals surface area (Å²) < 4.78 is 5.32. The number of methoxy groups -OCH3 is 1. The minimum absolute atomic E-state index is 0.201. The molecule has 18 heavy (non-hydrogen) atoms. The molecule has 0 aliphatic heterocycles. The van der Waals surface area contributed by atoms with Crippen LogP contribution in [0.4, 0.5) is 5.69 Å². The molecule has 4 nitrogen and oxygen atoms in total. The number of anilines is 1. The molecule has 0 aliphatic carbocycles. The fourth-order valence-electron chi connectivity index (χ4n) is 1.74. The Bertz CT molecular complexity index is 533. The van der Waals surface area contributed by atoms with Crippen LogP contribution in [0.25, 0.3) is 0 Å². The quantitative estimate of drug-likeness (QED) is 0.914. The average molecular weight is 267 g/mol. The highest BCUT2D eigenvalue weighted by molar-refractivity contribution is 6.32. The maximum Gasteiger partial charge on any atom is 0.238 e. The smallest absolute Gasteiger partial charge is 0.238 e. The van der Waals surface area contributed by atoms with Crippen molar-refractivity contribution < 1.29 is 9.53 Å². The van der Waals surface area contributed by atoms with Crippen molar-refractivity contribution in [1.29, 1.82) is 5.26 Å². The molecular formula is C13H15ClN2O2. The number of carbonyl (C=O) groups excluding carboxylic acids is 1. The van der Waals surface area contributed by atoms with E-state index in [1.807, 2.05) is 13.8 Å². The Balaban J connectivity index is 3.34. The van der Waals surface area contributed by atoms with Crippen LogP contribution in [0.1, 0.15) is 23.1 Å². The number of rotatable bonds is 3. The SMILES string of the molecule is COc1c(C)c(C)c(Cl)c(C)c1NC(=O)CC#N. The third-order valence-corrected chi connectivity index (χ3v) is 3.44. The molecule has 0 saturated heterocycles. The average Bonchev–Trinajstić information content (AvgIpc) is 2.34.